The highest BCUT2D eigenvalue weighted by atomic mass is 15.3. The number of likely N-dealkylation sites (tertiary alicyclic amines) is 1. The standard InChI is InChI=1S/C17H31N5/c1-20-13-15(11-14-7-3-2-4-8-14)21-17(19)22-10-6-5-9-16(22)12-18/h14-16,20H,2-11,13H2,1H3,(H2,19,21). The fourth-order valence-corrected chi connectivity index (χ4v) is 3.83. The maximum Gasteiger partial charge on any atom is 0.192 e. The normalized spacial score (nSPS) is 25.7. The summed E-state index contributed by atoms with van der Waals surface area (Å²) in [5.41, 5.74) is 6.25. The molecular weight excluding hydrogens is 274 g/mol. The molecule has 2 fully saturated rings. The lowest BCUT2D eigenvalue weighted by Crippen LogP contribution is -2.47. The molecule has 2 atom stereocenters. The Kier molecular flexibility index (Phi) is 6.98. The molecule has 0 radical (unpaired) electrons. The molecule has 124 valence electrons. The average Bonchev–Trinajstić information content (AvgIpc) is 2.56. The number of hydrogen-bond acceptors (Lipinski definition) is 3. The molecule has 5 heteroatoms. The van der Waals surface area contributed by atoms with Crippen LogP contribution in [-0.2, 0) is 0 Å². The van der Waals surface area contributed by atoms with Gasteiger partial charge in [0.25, 0.3) is 0 Å². The minimum atomic E-state index is -0.0950. The molecule has 0 bridgehead atoms. The van der Waals surface area contributed by atoms with Crippen LogP contribution in [-0.4, -0.2) is 43.1 Å². The summed E-state index contributed by atoms with van der Waals surface area (Å²) < 4.78 is 0. The van der Waals surface area contributed by atoms with Crippen LogP contribution in [0.15, 0.2) is 4.99 Å². The van der Waals surface area contributed by atoms with Gasteiger partial charge in [0.2, 0.25) is 0 Å². The predicted octanol–water partition coefficient (Wildman–Crippen LogP) is 2.24. The summed E-state index contributed by atoms with van der Waals surface area (Å²) >= 11 is 0. The Morgan fingerprint density at radius 1 is 1.27 bits per heavy atom. The second-order valence-electron chi connectivity index (χ2n) is 6.77. The number of nitrogens with one attached hydrogen (secondary N) is 1. The van der Waals surface area contributed by atoms with E-state index in [0.29, 0.717) is 5.96 Å². The van der Waals surface area contributed by atoms with Gasteiger partial charge >= 0.3 is 0 Å². The molecule has 0 aromatic rings. The van der Waals surface area contributed by atoms with E-state index in [1.165, 1.54) is 32.1 Å². The molecular formula is C17H31N5. The Morgan fingerprint density at radius 2 is 2.00 bits per heavy atom. The topological polar surface area (TPSA) is 77.4 Å². The maximum atomic E-state index is 9.29. The van der Waals surface area contributed by atoms with Gasteiger partial charge in [-0.05, 0) is 38.6 Å². The molecule has 0 spiro atoms. The zero-order chi connectivity index (χ0) is 15.8. The molecule has 5 nitrogen and oxygen atoms in total. The number of nitrogens with zero attached hydrogens (tertiary/aromatic N) is 3. The van der Waals surface area contributed by atoms with E-state index in [0.717, 1.165) is 44.7 Å². The molecule has 0 aromatic heterocycles. The van der Waals surface area contributed by atoms with E-state index >= 15 is 0 Å². The molecule has 22 heavy (non-hydrogen) atoms. The van der Waals surface area contributed by atoms with Crippen molar-refractivity contribution in [2.24, 2.45) is 16.6 Å². The Hall–Kier alpha value is -1.28. The van der Waals surface area contributed by atoms with Crippen molar-refractivity contribution in [1.82, 2.24) is 10.2 Å². The van der Waals surface area contributed by atoms with Crippen molar-refractivity contribution in [2.45, 2.75) is 69.9 Å². The quantitative estimate of drug-likeness (QED) is 0.603. The van der Waals surface area contributed by atoms with Crippen LogP contribution in [0.5, 0.6) is 0 Å². The van der Waals surface area contributed by atoms with E-state index in [4.69, 9.17) is 10.7 Å². The Morgan fingerprint density at radius 3 is 2.68 bits per heavy atom. The first-order chi connectivity index (χ1) is 10.7. The Labute approximate surface area is 135 Å². The fourth-order valence-electron chi connectivity index (χ4n) is 3.83. The number of rotatable bonds is 5. The van der Waals surface area contributed by atoms with Crippen molar-refractivity contribution in [3.05, 3.63) is 0 Å². The molecule has 1 aliphatic carbocycles. The summed E-state index contributed by atoms with van der Waals surface area (Å²) in [5.74, 6) is 1.36. The van der Waals surface area contributed by atoms with Gasteiger partial charge in [0.15, 0.2) is 5.96 Å². The molecule has 1 heterocycles. The maximum absolute atomic E-state index is 9.29. The largest absolute Gasteiger partial charge is 0.370 e. The highest BCUT2D eigenvalue weighted by Gasteiger charge is 2.25. The minimum Gasteiger partial charge on any atom is -0.370 e. The lowest BCUT2D eigenvalue weighted by atomic mass is 9.85. The van der Waals surface area contributed by atoms with Gasteiger partial charge in [0.05, 0.1) is 12.1 Å². The minimum absolute atomic E-state index is 0.0950. The van der Waals surface area contributed by atoms with Crippen LogP contribution in [0.1, 0.15) is 57.8 Å². The van der Waals surface area contributed by atoms with Gasteiger partial charge in [-0.2, -0.15) is 5.26 Å². The van der Waals surface area contributed by atoms with Crippen LogP contribution < -0.4 is 11.1 Å². The van der Waals surface area contributed by atoms with Crippen molar-refractivity contribution in [1.29, 1.82) is 5.26 Å². The molecule has 2 rings (SSSR count). The fraction of sp³-hybridized carbons (Fsp3) is 0.882. The van der Waals surface area contributed by atoms with Crippen molar-refractivity contribution in [3.63, 3.8) is 0 Å². The summed E-state index contributed by atoms with van der Waals surface area (Å²) in [7, 11) is 1.97. The summed E-state index contributed by atoms with van der Waals surface area (Å²) in [6.07, 6.45) is 11.0. The highest BCUT2D eigenvalue weighted by Crippen LogP contribution is 2.28. The van der Waals surface area contributed by atoms with E-state index in [1.807, 2.05) is 11.9 Å². The third-order valence-corrected chi connectivity index (χ3v) is 5.03. The van der Waals surface area contributed by atoms with Gasteiger partial charge in [-0.25, -0.2) is 4.99 Å². The number of nitriles is 1. The summed E-state index contributed by atoms with van der Waals surface area (Å²) in [6, 6.07) is 2.51. The zero-order valence-electron chi connectivity index (χ0n) is 13.9. The molecule has 0 aromatic carbocycles. The third-order valence-electron chi connectivity index (χ3n) is 5.03. The lowest BCUT2D eigenvalue weighted by molar-refractivity contribution is 0.279. The van der Waals surface area contributed by atoms with Crippen LogP contribution in [0.3, 0.4) is 0 Å². The van der Waals surface area contributed by atoms with Crippen LogP contribution in [0.2, 0.25) is 0 Å². The van der Waals surface area contributed by atoms with E-state index in [2.05, 4.69) is 11.4 Å². The van der Waals surface area contributed by atoms with Crippen molar-refractivity contribution >= 4 is 5.96 Å². The Balaban J connectivity index is 1.98. The molecule has 2 aliphatic rings. The van der Waals surface area contributed by atoms with Crippen molar-refractivity contribution < 1.29 is 0 Å². The first kappa shape index (κ1) is 17.1. The first-order valence-corrected chi connectivity index (χ1v) is 8.88. The monoisotopic (exact) mass is 305 g/mol. The van der Waals surface area contributed by atoms with Gasteiger partial charge in [-0.15, -0.1) is 0 Å². The second-order valence-corrected chi connectivity index (χ2v) is 6.77. The Bertz CT molecular complexity index is 394. The van der Waals surface area contributed by atoms with Gasteiger partial charge in [-0.1, -0.05) is 32.1 Å². The molecule has 0 amide bonds. The summed E-state index contributed by atoms with van der Waals surface area (Å²) in [6.45, 7) is 1.73. The van der Waals surface area contributed by atoms with Crippen molar-refractivity contribution in [3.8, 4) is 6.07 Å². The van der Waals surface area contributed by atoms with Crippen LogP contribution in [0.25, 0.3) is 0 Å². The summed E-state index contributed by atoms with van der Waals surface area (Å²) in [4.78, 5) is 6.80. The number of piperidine rings is 1. The molecule has 3 N–H and O–H groups in total. The van der Waals surface area contributed by atoms with E-state index in [9.17, 15) is 5.26 Å². The van der Waals surface area contributed by atoms with Crippen LogP contribution >= 0.6 is 0 Å². The number of hydrogen-bond donors (Lipinski definition) is 2. The predicted molar refractivity (Wildman–Crippen MR) is 90.5 cm³/mol. The molecule has 1 saturated carbocycles. The van der Waals surface area contributed by atoms with E-state index < -0.39 is 0 Å². The van der Waals surface area contributed by atoms with E-state index in [-0.39, 0.29) is 12.1 Å². The smallest absolute Gasteiger partial charge is 0.192 e. The van der Waals surface area contributed by atoms with E-state index in [1.54, 1.807) is 0 Å². The number of likely N-dealkylation sites (N-methyl/N-ethyl adjacent to an activating group) is 1. The second kappa shape index (κ2) is 8.99. The zero-order valence-corrected chi connectivity index (χ0v) is 13.9. The van der Waals surface area contributed by atoms with Gasteiger partial charge < -0.3 is 16.0 Å². The third kappa shape index (κ3) is 4.88. The van der Waals surface area contributed by atoms with Crippen LogP contribution in [0.4, 0.5) is 0 Å². The number of aliphatic imine (C=N–C) groups is 1. The average molecular weight is 305 g/mol. The van der Waals surface area contributed by atoms with Crippen LogP contribution in [0, 0.1) is 17.2 Å². The SMILES string of the molecule is CNCC(CC1CCCCC1)N=C(N)N1CCCCC1C#N. The first-order valence-electron chi connectivity index (χ1n) is 8.88. The van der Waals surface area contributed by atoms with Gasteiger partial charge in [-0.3, -0.25) is 0 Å². The number of nitrogens with two attached hydrogens (primary N) is 1. The molecule has 1 aliphatic heterocycles. The van der Waals surface area contributed by atoms with Gasteiger partial charge in [0, 0.05) is 13.1 Å². The number of guanidine groups is 1. The van der Waals surface area contributed by atoms with Crippen molar-refractivity contribution in [2.75, 3.05) is 20.1 Å². The summed E-state index contributed by atoms with van der Waals surface area (Å²) in [5, 5.41) is 12.5. The highest BCUT2D eigenvalue weighted by molar-refractivity contribution is 5.79. The molecule has 2 unspecified atom stereocenters. The van der Waals surface area contributed by atoms with Gasteiger partial charge in [0.1, 0.15) is 6.04 Å². The lowest BCUT2D eigenvalue weighted by Gasteiger charge is -2.33. The molecule has 1 saturated heterocycles.